The molecular weight excluding hydrogens is 305 g/mol. The third kappa shape index (κ3) is 1.97. The van der Waals surface area contributed by atoms with Crippen molar-refractivity contribution in [3.63, 3.8) is 0 Å². The molecule has 4 rings (SSSR count). The summed E-state index contributed by atoms with van der Waals surface area (Å²) in [5, 5.41) is 11.4. The van der Waals surface area contributed by atoms with E-state index in [-0.39, 0.29) is 17.7 Å². The van der Waals surface area contributed by atoms with Gasteiger partial charge in [0.05, 0.1) is 11.5 Å². The molecule has 2 N–H and O–H groups in total. The predicted octanol–water partition coefficient (Wildman–Crippen LogP) is 2.75. The molecule has 1 aliphatic carbocycles. The van der Waals surface area contributed by atoms with Crippen LogP contribution in [0.5, 0.6) is 0 Å². The van der Waals surface area contributed by atoms with Gasteiger partial charge in [0.2, 0.25) is 5.91 Å². The molecule has 1 heterocycles. The first-order chi connectivity index (χ1) is 11.5. The van der Waals surface area contributed by atoms with Crippen molar-refractivity contribution in [1.29, 1.82) is 5.41 Å². The largest absolute Gasteiger partial charge is 0.345 e. The Morgan fingerprint density at radius 2 is 2.04 bits per heavy atom. The third-order valence-electron chi connectivity index (χ3n) is 5.24. The predicted molar refractivity (Wildman–Crippen MR) is 89.2 cm³/mol. The van der Waals surface area contributed by atoms with Crippen LogP contribution < -0.4 is 5.32 Å². The molecule has 1 saturated heterocycles. The van der Waals surface area contributed by atoms with E-state index < -0.39 is 11.5 Å². The Morgan fingerprint density at radius 3 is 2.83 bits per heavy atom. The Kier molecular flexibility index (Phi) is 3.20. The molecule has 0 saturated carbocycles. The number of rotatable bonds is 1. The Balaban J connectivity index is 1.96. The second kappa shape index (κ2) is 5.16. The molecule has 2 aromatic rings. The molecule has 0 spiro atoms. The Morgan fingerprint density at radius 1 is 1.25 bits per heavy atom. The van der Waals surface area contributed by atoms with Crippen LogP contribution in [0.1, 0.15) is 29.0 Å². The SMILES string of the molecule is CN1C(=N)NC2(c3cccc(F)c3)CCc3ccccc3C2C1=O. The van der Waals surface area contributed by atoms with E-state index in [4.69, 9.17) is 5.41 Å². The van der Waals surface area contributed by atoms with Crippen molar-refractivity contribution in [2.75, 3.05) is 7.05 Å². The lowest BCUT2D eigenvalue weighted by atomic mass is 9.65. The van der Waals surface area contributed by atoms with Crippen LogP contribution in [0.4, 0.5) is 4.39 Å². The second-order valence-electron chi connectivity index (χ2n) is 6.48. The summed E-state index contributed by atoms with van der Waals surface area (Å²) in [6.07, 6.45) is 1.42. The lowest BCUT2D eigenvalue weighted by molar-refractivity contribution is -0.132. The van der Waals surface area contributed by atoms with E-state index in [1.807, 2.05) is 30.3 Å². The van der Waals surface area contributed by atoms with Gasteiger partial charge in [-0.2, -0.15) is 0 Å². The maximum absolute atomic E-state index is 13.9. The summed E-state index contributed by atoms with van der Waals surface area (Å²) in [6, 6.07) is 14.3. The summed E-state index contributed by atoms with van der Waals surface area (Å²) in [4.78, 5) is 14.4. The third-order valence-corrected chi connectivity index (χ3v) is 5.24. The van der Waals surface area contributed by atoms with Gasteiger partial charge in [0.15, 0.2) is 5.96 Å². The zero-order valence-electron chi connectivity index (χ0n) is 13.3. The number of amides is 1. The molecule has 1 aliphatic heterocycles. The highest BCUT2D eigenvalue weighted by atomic mass is 19.1. The summed E-state index contributed by atoms with van der Waals surface area (Å²) in [5.74, 6) is -0.877. The van der Waals surface area contributed by atoms with E-state index in [9.17, 15) is 9.18 Å². The van der Waals surface area contributed by atoms with Crippen molar-refractivity contribution in [2.24, 2.45) is 0 Å². The highest BCUT2D eigenvalue weighted by Gasteiger charge is 2.53. The van der Waals surface area contributed by atoms with Crippen molar-refractivity contribution in [3.05, 3.63) is 71.0 Å². The Bertz CT molecular complexity index is 850. The first-order valence-electron chi connectivity index (χ1n) is 8.01. The molecule has 122 valence electrons. The van der Waals surface area contributed by atoms with Crippen molar-refractivity contribution >= 4 is 11.9 Å². The average molecular weight is 323 g/mol. The fourth-order valence-corrected chi connectivity index (χ4v) is 4.01. The van der Waals surface area contributed by atoms with Crippen molar-refractivity contribution in [3.8, 4) is 0 Å². The fraction of sp³-hybridized carbons (Fsp3) is 0.263. The van der Waals surface area contributed by atoms with Crippen molar-refractivity contribution in [2.45, 2.75) is 24.3 Å². The van der Waals surface area contributed by atoms with Gasteiger partial charge >= 0.3 is 0 Å². The lowest BCUT2D eigenvalue weighted by Gasteiger charge is -2.50. The maximum Gasteiger partial charge on any atom is 0.239 e. The van der Waals surface area contributed by atoms with E-state index >= 15 is 0 Å². The van der Waals surface area contributed by atoms with Crippen LogP contribution in [-0.4, -0.2) is 23.8 Å². The molecule has 1 fully saturated rings. The van der Waals surface area contributed by atoms with E-state index in [1.165, 1.54) is 17.0 Å². The normalized spacial score (nSPS) is 25.8. The molecule has 24 heavy (non-hydrogen) atoms. The number of fused-ring (bicyclic) bond motifs is 3. The van der Waals surface area contributed by atoms with Crippen LogP contribution in [0.2, 0.25) is 0 Å². The van der Waals surface area contributed by atoms with Gasteiger partial charge in [0.25, 0.3) is 0 Å². The summed E-state index contributed by atoms with van der Waals surface area (Å²) in [6.45, 7) is 0. The fourth-order valence-electron chi connectivity index (χ4n) is 4.01. The average Bonchev–Trinajstić information content (AvgIpc) is 2.59. The number of halogens is 1. The van der Waals surface area contributed by atoms with Gasteiger partial charge in [-0.3, -0.25) is 15.1 Å². The van der Waals surface area contributed by atoms with Gasteiger partial charge in [-0.15, -0.1) is 0 Å². The van der Waals surface area contributed by atoms with Crippen molar-refractivity contribution in [1.82, 2.24) is 10.2 Å². The number of nitrogens with zero attached hydrogens (tertiary/aromatic N) is 1. The summed E-state index contributed by atoms with van der Waals surface area (Å²) >= 11 is 0. The molecule has 4 nitrogen and oxygen atoms in total. The number of hydrogen-bond acceptors (Lipinski definition) is 2. The van der Waals surface area contributed by atoms with E-state index in [1.54, 1.807) is 13.1 Å². The van der Waals surface area contributed by atoms with Crippen LogP contribution in [0.25, 0.3) is 0 Å². The van der Waals surface area contributed by atoms with E-state index in [2.05, 4.69) is 5.32 Å². The van der Waals surface area contributed by atoms with Crippen LogP contribution >= 0.6 is 0 Å². The minimum atomic E-state index is -0.781. The zero-order chi connectivity index (χ0) is 16.9. The molecule has 5 heteroatoms. The molecule has 2 unspecified atom stereocenters. The molecule has 2 aromatic carbocycles. The highest BCUT2D eigenvalue weighted by molar-refractivity contribution is 6.03. The molecule has 1 amide bonds. The van der Waals surface area contributed by atoms with Gasteiger partial charge in [-0.05, 0) is 41.7 Å². The number of carbonyl (C=O) groups is 1. The smallest absolute Gasteiger partial charge is 0.239 e. The maximum atomic E-state index is 13.9. The number of likely N-dealkylation sites (N-methyl/N-ethyl adjacent to an activating group) is 1. The van der Waals surface area contributed by atoms with E-state index in [0.717, 1.165) is 17.5 Å². The summed E-state index contributed by atoms with van der Waals surface area (Å²) < 4.78 is 13.9. The van der Waals surface area contributed by atoms with Crippen LogP contribution in [0, 0.1) is 11.2 Å². The van der Waals surface area contributed by atoms with Crippen molar-refractivity contribution < 1.29 is 9.18 Å². The van der Waals surface area contributed by atoms with Gasteiger partial charge in [0.1, 0.15) is 5.82 Å². The lowest BCUT2D eigenvalue weighted by Crippen LogP contribution is -2.65. The molecule has 0 aromatic heterocycles. The second-order valence-corrected chi connectivity index (χ2v) is 6.48. The standard InChI is InChI=1S/C19H18FN3O/c1-23-17(24)16-15-8-3-2-5-12(15)9-10-19(16,22-18(23)21)13-6-4-7-14(20)11-13/h2-8,11,16H,9-10H2,1H3,(H2,21,22). The van der Waals surface area contributed by atoms with Gasteiger partial charge in [0, 0.05) is 7.05 Å². The van der Waals surface area contributed by atoms with Crippen LogP contribution in [-0.2, 0) is 16.8 Å². The van der Waals surface area contributed by atoms with Gasteiger partial charge in [-0.25, -0.2) is 4.39 Å². The molecular formula is C19H18FN3O. The monoisotopic (exact) mass is 323 g/mol. The number of guanidine groups is 1. The molecule has 0 bridgehead atoms. The number of carbonyl (C=O) groups excluding carboxylic acids is 1. The molecule has 0 radical (unpaired) electrons. The number of hydrogen-bond donors (Lipinski definition) is 2. The number of benzene rings is 2. The quantitative estimate of drug-likeness (QED) is 0.848. The minimum absolute atomic E-state index is 0.0555. The summed E-state index contributed by atoms with van der Waals surface area (Å²) in [5.41, 5.74) is 2.04. The van der Waals surface area contributed by atoms with Crippen LogP contribution in [0.3, 0.4) is 0 Å². The summed E-state index contributed by atoms with van der Waals surface area (Å²) in [7, 11) is 1.60. The minimum Gasteiger partial charge on any atom is -0.345 e. The Labute approximate surface area is 139 Å². The first-order valence-corrected chi connectivity index (χ1v) is 8.01. The molecule has 2 atom stereocenters. The highest BCUT2D eigenvalue weighted by Crippen LogP contribution is 2.48. The van der Waals surface area contributed by atoms with E-state index in [0.29, 0.717) is 12.0 Å². The van der Waals surface area contributed by atoms with Gasteiger partial charge < -0.3 is 5.32 Å². The van der Waals surface area contributed by atoms with Gasteiger partial charge in [-0.1, -0.05) is 36.4 Å². The zero-order valence-corrected chi connectivity index (χ0v) is 13.3. The number of nitrogens with one attached hydrogen (secondary N) is 2. The molecule has 2 aliphatic rings. The first kappa shape index (κ1) is 14.9. The number of aryl methyl sites for hydroxylation is 1. The topological polar surface area (TPSA) is 56.2 Å². The Hall–Kier alpha value is -2.69. The van der Waals surface area contributed by atoms with Crippen LogP contribution in [0.15, 0.2) is 48.5 Å².